The smallest absolute Gasteiger partial charge is 0.416 e. The zero-order valence-electron chi connectivity index (χ0n) is 23.4. The quantitative estimate of drug-likeness (QED) is 0.174. The number of nitrogens with one attached hydrogen (secondary N) is 3. The summed E-state index contributed by atoms with van der Waals surface area (Å²) < 4.78 is 44.0. The lowest BCUT2D eigenvalue weighted by atomic mass is 10.1. The minimum absolute atomic E-state index is 0.0952. The average Bonchev–Trinajstić information content (AvgIpc) is 3.46. The molecule has 0 atom stereocenters. The number of rotatable bonds is 9. The van der Waals surface area contributed by atoms with Gasteiger partial charge in [-0.2, -0.15) is 18.4 Å². The van der Waals surface area contributed by atoms with Crippen LogP contribution in [-0.2, 0) is 15.8 Å². The number of benzene rings is 4. The van der Waals surface area contributed by atoms with Gasteiger partial charge in [-0.1, -0.05) is 30.3 Å². The van der Waals surface area contributed by atoms with E-state index in [2.05, 4.69) is 21.7 Å². The van der Waals surface area contributed by atoms with Crippen molar-refractivity contribution in [1.82, 2.24) is 9.88 Å². The molecule has 0 aliphatic rings. The van der Waals surface area contributed by atoms with Gasteiger partial charge in [-0.15, -0.1) is 0 Å². The molecule has 0 aliphatic carbocycles. The van der Waals surface area contributed by atoms with Crippen LogP contribution in [0.25, 0.3) is 10.9 Å². The van der Waals surface area contributed by atoms with Crippen molar-refractivity contribution < 1.29 is 32.3 Å². The van der Waals surface area contributed by atoms with Crippen molar-refractivity contribution in [2.24, 2.45) is 0 Å². The van der Waals surface area contributed by atoms with E-state index in [0.717, 1.165) is 17.0 Å². The summed E-state index contributed by atoms with van der Waals surface area (Å²) in [6, 6.07) is 27.6. The van der Waals surface area contributed by atoms with Crippen LogP contribution in [-0.4, -0.2) is 40.7 Å². The predicted molar refractivity (Wildman–Crippen MR) is 161 cm³/mol. The number of carbonyl (C=O) groups excluding carboxylic acids is 3. The third-order valence-corrected chi connectivity index (χ3v) is 6.58. The summed E-state index contributed by atoms with van der Waals surface area (Å²) in [6.07, 6.45) is -4.46. The van der Waals surface area contributed by atoms with E-state index >= 15 is 0 Å². The molecule has 0 fully saturated rings. The van der Waals surface area contributed by atoms with Crippen LogP contribution in [0.4, 0.5) is 24.5 Å². The molecule has 0 unspecified atom stereocenters. The van der Waals surface area contributed by atoms with Gasteiger partial charge in [0.25, 0.3) is 5.91 Å². The minimum Gasteiger partial charge on any atom is -0.457 e. The summed E-state index contributed by atoms with van der Waals surface area (Å²) in [5.74, 6) is -1.24. The highest BCUT2D eigenvalue weighted by Gasteiger charge is 2.30. The number of hydrogen-bond acceptors (Lipinski definition) is 5. The number of nitrogens with zero attached hydrogens (tertiary/aromatic N) is 2. The van der Waals surface area contributed by atoms with Gasteiger partial charge in [0.2, 0.25) is 11.8 Å². The number of alkyl halides is 3. The molecule has 12 heteroatoms. The second-order valence-corrected chi connectivity index (χ2v) is 9.84. The average molecular weight is 612 g/mol. The number of fused-ring (bicyclic) bond motifs is 1. The molecule has 226 valence electrons. The van der Waals surface area contributed by atoms with E-state index in [0.29, 0.717) is 33.6 Å². The Bertz CT molecular complexity index is 1880. The SMILES string of the molecule is N#Cc1cccc2cc(C(=O)N(CC(=O)Nc3ccccc3)CC(=O)Nc3ccc(Oc4ccc(C(F)(F)F)cc4)cc3)[nH]c12. The van der Waals surface area contributed by atoms with Crippen molar-refractivity contribution in [2.45, 2.75) is 6.18 Å². The molecule has 45 heavy (non-hydrogen) atoms. The second kappa shape index (κ2) is 13.0. The van der Waals surface area contributed by atoms with Gasteiger partial charge >= 0.3 is 6.18 Å². The fourth-order valence-corrected chi connectivity index (χ4v) is 4.46. The van der Waals surface area contributed by atoms with Crippen LogP contribution in [0, 0.1) is 11.3 Å². The summed E-state index contributed by atoms with van der Waals surface area (Å²) in [4.78, 5) is 43.5. The molecule has 0 saturated heterocycles. The third kappa shape index (κ3) is 7.66. The molecule has 9 nitrogen and oxygen atoms in total. The van der Waals surface area contributed by atoms with Crippen LogP contribution in [0.2, 0.25) is 0 Å². The number of nitriles is 1. The lowest BCUT2D eigenvalue weighted by molar-refractivity contribution is -0.137. The topological polar surface area (TPSA) is 127 Å². The number of H-pyrrole nitrogens is 1. The van der Waals surface area contributed by atoms with Crippen LogP contribution in [0.15, 0.2) is 103 Å². The Morgan fingerprint density at radius 1 is 0.778 bits per heavy atom. The largest absolute Gasteiger partial charge is 0.457 e. The molecule has 1 aromatic heterocycles. The van der Waals surface area contributed by atoms with Gasteiger partial charge in [0.1, 0.15) is 36.4 Å². The molecule has 0 spiro atoms. The van der Waals surface area contributed by atoms with Gasteiger partial charge in [0, 0.05) is 16.8 Å². The van der Waals surface area contributed by atoms with Gasteiger partial charge < -0.3 is 25.3 Å². The van der Waals surface area contributed by atoms with Crippen molar-refractivity contribution in [2.75, 3.05) is 23.7 Å². The Labute approximate surface area is 254 Å². The van der Waals surface area contributed by atoms with Gasteiger partial charge in [-0.05, 0) is 72.8 Å². The summed E-state index contributed by atoms with van der Waals surface area (Å²) in [5.41, 5.74) is 0.961. The van der Waals surface area contributed by atoms with Gasteiger partial charge in [-0.25, -0.2) is 0 Å². The highest BCUT2D eigenvalue weighted by Crippen LogP contribution is 2.31. The first-order chi connectivity index (χ1) is 21.6. The molecule has 1 heterocycles. The molecular weight excluding hydrogens is 587 g/mol. The van der Waals surface area contributed by atoms with Crippen molar-refractivity contribution in [1.29, 1.82) is 5.26 Å². The summed E-state index contributed by atoms with van der Waals surface area (Å²) in [6.45, 7) is -0.924. The van der Waals surface area contributed by atoms with E-state index in [4.69, 9.17) is 4.74 Å². The fourth-order valence-electron chi connectivity index (χ4n) is 4.46. The highest BCUT2D eigenvalue weighted by molar-refractivity contribution is 6.04. The molecule has 0 radical (unpaired) electrons. The molecule has 3 amide bonds. The Morgan fingerprint density at radius 3 is 1.93 bits per heavy atom. The summed E-state index contributed by atoms with van der Waals surface area (Å²) in [7, 11) is 0. The third-order valence-electron chi connectivity index (χ3n) is 6.58. The van der Waals surface area contributed by atoms with Crippen LogP contribution in [0.5, 0.6) is 11.5 Å². The maximum absolute atomic E-state index is 13.6. The lowest BCUT2D eigenvalue weighted by Crippen LogP contribution is -2.42. The Kier molecular flexibility index (Phi) is 8.81. The predicted octanol–water partition coefficient (Wildman–Crippen LogP) is 6.57. The van der Waals surface area contributed by atoms with Crippen molar-refractivity contribution in [3.05, 3.63) is 120 Å². The first kappa shape index (κ1) is 30.4. The zero-order valence-corrected chi connectivity index (χ0v) is 23.4. The maximum atomic E-state index is 13.6. The normalized spacial score (nSPS) is 11.0. The van der Waals surface area contributed by atoms with E-state index in [9.17, 15) is 32.8 Å². The first-order valence-electron chi connectivity index (χ1n) is 13.5. The van der Waals surface area contributed by atoms with E-state index in [1.807, 2.05) is 0 Å². The molecule has 5 aromatic rings. The van der Waals surface area contributed by atoms with E-state index < -0.39 is 42.6 Å². The van der Waals surface area contributed by atoms with Crippen LogP contribution in [0.3, 0.4) is 0 Å². The molecule has 5 rings (SSSR count). The van der Waals surface area contributed by atoms with E-state index in [-0.39, 0.29) is 11.4 Å². The second-order valence-electron chi connectivity index (χ2n) is 9.84. The number of amides is 3. The Hall–Kier alpha value is -6.09. The number of carbonyl (C=O) groups is 3. The maximum Gasteiger partial charge on any atom is 0.416 e. The monoisotopic (exact) mass is 611 g/mol. The number of aromatic amines is 1. The van der Waals surface area contributed by atoms with E-state index in [1.165, 1.54) is 36.4 Å². The van der Waals surface area contributed by atoms with Crippen LogP contribution in [0.1, 0.15) is 21.6 Å². The lowest BCUT2D eigenvalue weighted by Gasteiger charge is -2.21. The number of anilines is 2. The van der Waals surface area contributed by atoms with Gasteiger partial charge in [-0.3, -0.25) is 14.4 Å². The first-order valence-corrected chi connectivity index (χ1v) is 13.5. The van der Waals surface area contributed by atoms with Crippen LogP contribution < -0.4 is 15.4 Å². The molecule has 3 N–H and O–H groups in total. The van der Waals surface area contributed by atoms with E-state index in [1.54, 1.807) is 54.6 Å². The molecule has 4 aromatic carbocycles. The highest BCUT2D eigenvalue weighted by atomic mass is 19.4. The number of aromatic nitrogens is 1. The summed E-state index contributed by atoms with van der Waals surface area (Å²) >= 11 is 0. The van der Waals surface area contributed by atoms with Crippen molar-refractivity contribution >= 4 is 40.0 Å². The number of ether oxygens (including phenoxy) is 1. The number of halogens is 3. The standard InChI is InChI=1S/C33H24F3N5O4/c34-33(35,36)23-9-13-26(14-10-23)45-27-15-11-25(12-16-27)39-30(43)20-41(19-29(42)38-24-7-2-1-3-8-24)32(44)28-17-21-5-4-6-22(18-37)31(21)40-28/h1-17,40H,19-20H2,(H,38,42)(H,39,43). The van der Waals surface area contributed by atoms with Crippen molar-refractivity contribution in [3.63, 3.8) is 0 Å². The van der Waals surface area contributed by atoms with Crippen LogP contribution >= 0.6 is 0 Å². The van der Waals surface area contributed by atoms with Crippen molar-refractivity contribution in [3.8, 4) is 17.6 Å². The Morgan fingerprint density at radius 2 is 1.36 bits per heavy atom. The summed E-state index contributed by atoms with van der Waals surface area (Å²) in [5, 5.41) is 15.4. The number of hydrogen-bond donors (Lipinski definition) is 3. The minimum atomic E-state index is -4.46. The molecule has 0 bridgehead atoms. The number of para-hydroxylation sites is 2. The molecule has 0 aliphatic heterocycles. The van der Waals surface area contributed by atoms with Gasteiger partial charge in [0.05, 0.1) is 16.6 Å². The zero-order chi connectivity index (χ0) is 32.0. The van der Waals surface area contributed by atoms with Gasteiger partial charge in [0.15, 0.2) is 0 Å². The molecule has 0 saturated carbocycles. The Balaban J connectivity index is 1.28. The fraction of sp³-hybridized carbons (Fsp3) is 0.0909. The molecular formula is C33H24F3N5O4.